The third-order valence-corrected chi connectivity index (χ3v) is 3.89. The van der Waals surface area contributed by atoms with Gasteiger partial charge < -0.3 is 5.32 Å². The number of nitrogens with one attached hydrogen (secondary N) is 1. The molecule has 1 saturated carbocycles. The topological polar surface area (TPSA) is 72.2 Å². The van der Waals surface area contributed by atoms with Crippen LogP contribution in [0.1, 0.15) is 48.9 Å². The van der Waals surface area contributed by atoms with E-state index in [2.05, 4.69) is 5.32 Å². The number of nitro groups is 1. The lowest BCUT2D eigenvalue weighted by Gasteiger charge is -2.09. The van der Waals surface area contributed by atoms with Crippen molar-refractivity contribution in [3.63, 3.8) is 0 Å². The molecule has 1 fully saturated rings. The molecule has 1 N–H and O–H groups in total. The molecule has 1 aromatic carbocycles. The maximum Gasteiger partial charge on any atom is 0.282 e. The summed E-state index contributed by atoms with van der Waals surface area (Å²) in [4.78, 5) is 22.3. The van der Waals surface area contributed by atoms with Gasteiger partial charge in [0.1, 0.15) is 5.56 Å². The minimum absolute atomic E-state index is 0.137. The van der Waals surface area contributed by atoms with Crippen LogP contribution in [0.4, 0.5) is 5.69 Å². The number of carbonyl (C=O) groups excluding carboxylic acids is 1. The molecule has 0 aromatic heterocycles. The third-order valence-electron chi connectivity index (χ3n) is 3.89. The van der Waals surface area contributed by atoms with E-state index in [0.717, 1.165) is 18.8 Å². The Morgan fingerprint density at radius 2 is 2.00 bits per heavy atom. The molecule has 1 aliphatic carbocycles. The molecule has 108 valence electrons. The van der Waals surface area contributed by atoms with Crippen molar-refractivity contribution in [2.75, 3.05) is 6.54 Å². The molecule has 1 aromatic rings. The summed E-state index contributed by atoms with van der Waals surface area (Å²) in [6.45, 7) is 0.585. The third kappa shape index (κ3) is 3.79. The molecule has 0 bridgehead atoms. The molecule has 5 heteroatoms. The van der Waals surface area contributed by atoms with Crippen LogP contribution in [0.5, 0.6) is 0 Å². The van der Waals surface area contributed by atoms with Crippen LogP contribution in [0.15, 0.2) is 24.3 Å². The zero-order chi connectivity index (χ0) is 14.4. The van der Waals surface area contributed by atoms with E-state index >= 15 is 0 Å². The van der Waals surface area contributed by atoms with Gasteiger partial charge in [-0.3, -0.25) is 14.9 Å². The number of rotatable bonds is 6. The highest BCUT2D eigenvalue weighted by Gasteiger charge is 2.19. The molecule has 0 spiro atoms. The number of carbonyl (C=O) groups is 1. The average Bonchev–Trinajstić information content (AvgIpc) is 2.96. The lowest BCUT2D eigenvalue weighted by Crippen LogP contribution is -2.25. The fourth-order valence-corrected chi connectivity index (χ4v) is 2.81. The Hall–Kier alpha value is -1.91. The summed E-state index contributed by atoms with van der Waals surface area (Å²) in [6, 6.07) is 6.05. The van der Waals surface area contributed by atoms with Gasteiger partial charge in [-0.1, -0.05) is 37.8 Å². The normalized spacial score (nSPS) is 15.2. The largest absolute Gasteiger partial charge is 0.352 e. The molecular weight excluding hydrogens is 256 g/mol. The molecule has 1 amide bonds. The Labute approximate surface area is 118 Å². The van der Waals surface area contributed by atoms with Crippen molar-refractivity contribution in [2.45, 2.75) is 38.5 Å². The summed E-state index contributed by atoms with van der Waals surface area (Å²) >= 11 is 0. The molecule has 0 saturated heterocycles. The zero-order valence-corrected chi connectivity index (χ0v) is 11.5. The predicted molar refractivity (Wildman–Crippen MR) is 76.6 cm³/mol. The van der Waals surface area contributed by atoms with Gasteiger partial charge in [-0.2, -0.15) is 0 Å². The molecule has 0 aliphatic heterocycles. The van der Waals surface area contributed by atoms with Crippen LogP contribution >= 0.6 is 0 Å². The Morgan fingerprint density at radius 3 is 2.70 bits per heavy atom. The van der Waals surface area contributed by atoms with E-state index in [1.165, 1.54) is 37.8 Å². The van der Waals surface area contributed by atoms with Gasteiger partial charge in [-0.25, -0.2) is 0 Å². The Kier molecular flexibility index (Phi) is 5.09. The SMILES string of the molecule is O=C(NCCCC1CCCC1)c1ccccc1[N+](=O)[O-]. The van der Waals surface area contributed by atoms with Gasteiger partial charge in [0.15, 0.2) is 0 Å². The minimum Gasteiger partial charge on any atom is -0.352 e. The number of nitrogens with zero attached hydrogens (tertiary/aromatic N) is 1. The molecular formula is C15H20N2O3. The van der Waals surface area contributed by atoms with Crippen LogP contribution in [0.2, 0.25) is 0 Å². The number of benzene rings is 1. The van der Waals surface area contributed by atoms with Crippen molar-refractivity contribution in [2.24, 2.45) is 5.92 Å². The number of hydrogen-bond acceptors (Lipinski definition) is 3. The van der Waals surface area contributed by atoms with Crippen LogP contribution in [-0.4, -0.2) is 17.4 Å². The first-order valence-corrected chi connectivity index (χ1v) is 7.20. The Balaban J connectivity index is 1.81. The van der Waals surface area contributed by atoms with Crippen molar-refractivity contribution < 1.29 is 9.72 Å². The van der Waals surface area contributed by atoms with Crippen molar-refractivity contribution >= 4 is 11.6 Å². The first kappa shape index (κ1) is 14.5. The van der Waals surface area contributed by atoms with E-state index in [4.69, 9.17) is 0 Å². The monoisotopic (exact) mass is 276 g/mol. The summed E-state index contributed by atoms with van der Waals surface area (Å²) in [6.07, 6.45) is 7.34. The highest BCUT2D eigenvalue weighted by atomic mass is 16.6. The summed E-state index contributed by atoms with van der Waals surface area (Å²) < 4.78 is 0. The average molecular weight is 276 g/mol. The molecule has 0 unspecified atom stereocenters. The number of para-hydroxylation sites is 1. The Bertz CT molecular complexity index is 482. The van der Waals surface area contributed by atoms with Crippen molar-refractivity contribution in [3.8, 4) is 0 Å². The van der Waals surface area contributed by atoms with E-state index in [1.54, 1.807) is 12.1 Å². The fraction of sp³-hybridized carbons (Fsp3) is 0.533. The van der Waals surface area contributed by atoms with E-state index in [-0.39, 0.29) is 17.2 Å². The number of amides is 1. The molecule has 2 rings (SSSR count). The van der Waals surface area contributed by atoms with E-state index < -0.39 is 4.92 Å². The molecule has 0 radical (unpaired) electrons. The molecule has 0 heterocycles. The second kappa shape index (κ2) is 7.03. The maximum atomic E-state index is 12.0. The standard InChI is InChI=1S/C15H20N2O3/c18-15(13-9-3-4-10-14(13)17(19)20)16-11-5-8-12-6-1-2-7-12/h3-4,9-10,12H,1-2,5-8,11H2,(H,16,18). The quantitative estimate of drug-likeness (QED) is 0.492. The molecule has 5 nitrogen and oxygen atoms in total. The number of hydrogen-bond donors (Lipinski definition) is 1. The van der Waals surface area contributed by atoms with E-state index in [1.807, 2.05) is 0 Å². The van der Waals surface area contributed by atoms with Crippen molar-refractivity contribution in [1.29, 1.82) is 0 Å². The Morgan fingerprint density at radius 1 is 1.30 bits per heavy atom. The van der Waals surface area contributed by atoms with Gasteiger partial charge in [0, 0.05) is 12.6 Å². The molecule has 20 heavy (non-hydrogen) atoms. The van der Waals surface area contributed by atoms with Gasteiger partial charge in [0.05, 0.1) is 4.92 Å². The van der Waals surface area contributed by atoms with Crippen LogP contribution < -0.4 is 5.32 Å². The van der Waals surface area contributed by atoms with E-state index in [9.17, 15) is 14.9 Å². The zero-order valence-electron chi connectivity index (χ0n) is 11.5. The van der Waals surface area contributed by atoms with Crippen molar-refractivity contribution in [3.05, 3.63) is 39.9 Å². The predicted octanol–water partition coefficient (Wildman–Crippen LogP) is 3.30. The summed E-state index contributed by atoms with van der Waals surface area (Å²) in [5.41, 5.74) is -0.000778. The minimum atomic E-state index is -0.520. The lowest BCUT2D eigenvalue weighted by molar-refractivity contribution is -0.385. The summed E-state index contributed by atoms with van der Waals surface area (Å²) in [7, 11) is 0. The van der Waals surface area contributed by atoms with Gasteiger partial charge >= 0.3 is 0 Å². The van der Waals surface area contributed by atoms with Gasteiger partial charge in [0.2, 0.25) is 0 Å². The highest BCUT2D eigenvalue weighted by molar-refractivity contribution is 5.98. The summed E-state index contributed by atoms with van der Waals surface area (Å²) in [5.74, 6) is 0.446. The second-order valence-corrected chi connectivity index (χ2v) is 5.32. The lowest BCUT2D eigenvalue weighted by atomic mass is 10.0. The molecule has 0 atom stereocenters. The smallest absolute Gasteiger partial charge is 0.282 e. The van der Waals surface area contributed by atoms with Crippen molar-refractivity contribution in [1.82, 2.24) is 5.32 Å². The van der Waals surface area contributed by atoms with Gasteiger partial charge in [-0.15, -0.1) is 0 Å². The first-order valence-electron chi connectivity index (χ1n) is 7.20. The first-order chi connectivity index (χ1) is 9.68. The van der Waals surface area contributed by atoms with Crippen LogP contribution in [0.3, 0.4) is 0 Å². The van der Waals surface area contributed by atoms with Crippen LogP contribution in [-0.2, 0) is 0 Å². The molecule has 1 aliphatic rings. The fourth-order valence-electron chi connectivity index (χ4n) is 2.81. The highest BCUT2D eigenvalue weighted by Crippen LogP contribution is 2.28. The second-order valence-electron chi connectivity index (χ2n) is 5.32. The summed E-state index contributed by atoms with van der Waals surface area (Å²) in [5, 5.41) is 13.6. The van der Waals surface area contributed by atoms with Crippen LogP contribution in [0.25, 0.3) is 0 Å². The number of nitro benzene ring substituents is 1. The van der Waals surface area contributed by atoms with Gasteiger partial charge in [0.25, 0.3) is 11.6 Å². The van der Waals surface area contributed by atoms with Gasteiger partial charge in [-0.05, 0) is 24.8 Å². The van der Waals surface area contributed by atoms with Crippen LogP contribution in [0, 0.1) is 16.0 Å². The van der Waals surface area contributed by atoms with E-state index in [0.29, 0.717) is 6.54 Å². The maximum absolute atomic E-state index is 12.0.